The van der Waals surface area contributed by atoms with E-state index < -0.39 is 10.2 Å². The predicted molar refractivity (Wildman–Crippen MR) is 80.2 cm³/mol. The number of ether oxygens (including phenoxy) is 1. The number of aromatic nitrogens is 2. The fourth-order valence-electron chi connectivity index (χ4n) is 2.68. The van der Waals surface area contributed by atoms with Gasteiger partial charge in [-0.25, -0.2) is 0 Å². The van der Waals surface area contributed by atoms with Crippen molar-refractivity contribution >= 4 is 10.2 Å². The largest absolute Gasteiger partial charge is 0.384 e. The minimum Gasteiger partial charge on any atom is -0.384 e. The predicted octanol–water partition coefficient (Wildman–Crippen LogP) is 0.803. The zero-order valence-electron chi connectivity index (χ0n) is 13.4. The molecular formula is C13H24N4O4S. The van der Waals surface area contributed by atoms with Crippen molar-refractivity contribution in [2.24, 2.45) is 5.92 Å². The summed E-state index contributed by atoms with van der Waals surface area (Å²) in [5, 5.41) is 3.70. The standard InChI is InChI=1S/C13H24N4O4S/c1-4-16(9-13-14-11(2)15-21-13)22(18,19)17-7-5-6-12(8-17)10-20-3/h12H,4-10H2,1-3H3. The molecule has 2 heterocycles. The van der Waals surface area contributed by atoms with E-state index >= 15 is 0 Å². The number of hydrogen-bond donors (Lipinski definition) is 0. The van der Waals surface area contributed by atoms with Gasteiger partial charge in [-0.1, -0.05) is 12.1 Å². The molecule has 0 amide bonds. The Balaban J connectivity index is 2.08. The molecule has 0 spiro atoms. The molecule has 1 unspecified atom stereocenters. The average Bonchev–Trinajstić information content (AvgIpc) is 2.90. The normalized spacial score (nSPS) is 20.6. The van der Waals surface area contributed by atoms with Crippen molar-refractivity contribution in [3.8, 4) is 0 Å². The Morgan fingerprint density at radius 1 is 1.50 bits per heavy atom. The van der Waals surface area contributed by atoms with E-state index in [1.165, 1.54) is 8.61 Å². The minimum atomic E-state index is -3.53. The summed E-state index contributed by atoms with van der Waals surface area (Å²) in [5.41, 5.74) is 0. The lowest BCUT2D eigenvalue weighted by atomic mass is 10.0. The lowest BCUT2D eigenvalue weighted by Gasteiger charge is -2.34. The Hall–Kier alpha value is -1.03. The molecule has 0 aromatic carbocycles. The monoisotopic (exact) mass is 332 g/mol. The topological polar surface area (TPSA) is 88.8 Å². The van der Waals surface area contributed by atoms with Gasteiger partial charge in [-0.2, -0.15) is 22.0 Å². The van der Waals surface area contributed by atoms with Crippen molar-refractivity contribution < 1.29 is 17.7 Å². The van der Waals surface area contributed by atoms with Gasteiger partial charge in [-0.15, -0.1) is 0 Å². The molecule has 0 saturated carbocycles. The lowest BCUT2D eigenvalue weighted by molar-refractivity contribution is 0.116. The van der Waals surface area contributed by atoms with Crippen molar-refractivity contribution in [2.75, 3.05) is 33.4 Å². The Bertz CT molecular complexity index is 572. The Kier molecular flexibility index (Phi) is 5.90. The molecule has 1 aromatic heterocycles. The zero-order chi connectivity index (χ0) is 16.2. The number of rotatable bonds is 7. The van der Waals surface area contributed by atoms with Gasteiger partial charge in [0, 0.05) is 26.7 Å². The second-order valence-electron chi connectivity index (χ2n) is 5.49. The van der Waals surface area contributed by atoms with Gasteiger partial charge in [-0.3, -0.25) is 0 Å². The van der Waals surface area contributed by atoms with Gasteiger partial charge in [0.2, 0.25) is 5.89 Å². The van der Waals surface area contributed by atoms with Crippen molar-refractivity contribution in [3.05, 3.63) is 11.7 Å². The second kappa shape index (κ2) is 7.49. The number of aryl methyl sites for hydroxylation is 1. The maximum atomic E-state index is 12.8. The molecule has 1 aliphatic heterocycles. The van der Waals surface area contributed by atoms with Gasteiger partial charge in [0.1, 0.15) is 0 Å². The molecule has 9 heteroatoms. The highest BCUT2D eigenvalue weighted by molar-refractivity contribution is 7.86. The van der Waals surface area contributed by atoms with Crippen LogP contribution in [0.4, 0.5) is 0 Å². The fraction of sp³-hybridized carbons (Fsp3) is 0.846. The van der Waals surface area contributed by atoms with Crippen LogP contribution in [0.2, 0.25) is 0 Å². The molecule has 8 nitrogen and oxygen atoms in total. The molecule has 0 aliphatic carbocycles. The van der Waals surface area contributed by atoms with Gasteiger partial charge in [0.25, 0.3) is 10.2 Å². The van der Waals surface area contributed by atoms with E-state index in [0.29, 0.717) is 38.0 Å². The van der Waals surface area contributed by atoms with Crippen LogP contribution < -0.4 is 0 Å². The molecule has 126 valence electrons. The first-order valence-electron chi connectivity index (χ1n) is 7.50. The highest BCUT2D eigenvalue weighted by Gasteiger charge is 2.33. The molecule has 22 heavy (non-hydrogen) atoms. The van der Waals surface area contributed by atoms with Gasteiger partial charge in [0.15, 0.2) is 5.82 Å². The van der Waals surface area contributed by atoms with Crippen LogP contribution >= 0.6 is 0 Å². The van der Waals surface area contributed by atoms with Crippen LogP contribution in [0.3, 0.4) is 0 Å². The van der Waals surface area contributed by atoms with Gasteiger partial charge >= 0.3 is 0 Å². The van der Waals surface area contributed by atoms with E-state index in [4.69, 9.17) is 9.26 Å². The molecule has 0 bridgehead atoms. The smallest absolute Gasteiger partial charge is 0.282 e. The third-order valence-electron chi connectivity index (χ3n) is 3.77. The summed E-state index contributed by atoms with van der Waals surface area (Å²) >= 11 is 0. The van der Waals surface area contributed by atoms with Crippen LogP contribution in [-0.2, 0) is 21.5 Å². The lowest BCUT2D eigenvalue weighted by Crippen LogP contribution is -2.48. The molecule has 0 N–H and O–H groups in total. The number of methoxy groups -OCH3 is 1. The Labute approximate surface area is 131 Å². The van der Waals surface area contributed by atoms with E-state index in [-0.39, 0.29) is 12.5 Å². The van der Waals surface area contributed by atoms with E-state index in [1.54, 1.807) is 21.0 Å². The summed E-state index contributed by atoms with van der Waals surface area (Å²) in [7, 11) is -1.89. The second-order valence-corrected chi connectivity index (χ2v) is 7.42. The van der Waals surface area contributed by atoms with E-state index in [2.05, 4.69) is 10.1 Å². The quantitative estimate of drug-likeness (QED) is 0.734. The highest BCUT2D eigenvalue weighted by Crippen LogP contribution is 2.22. The molecule has 0 radical (unpaired) electrons. The third kappa shape index (κ3) is 4.03. The van der Waals surface area contributed by atoms with Crippen LogP contribution in [0.1, 0.15) is 31.5 Å². The van der Waals surface area contributed by atoms with Crippen LogP contribution in [-0.4, -0.2) is 60.5 Å². The maximum absolute atomic E-state index is 12.8. The average molecular weight is 332 g/mol. The fourth-order valence-corrected chi connectivity index (χ4v) is 4.37. The summed E-state index contributed by atoms with van der Waals surface area (Å²) < 4.78 is 38.7. The first-order valence-corrected chi connectivity index (χ1v) is 8.90. The zero-order valence-corrected chi connectivity index (χ0v) is 14.2. The maximum Gasteiger partial charge on any atom is 0.282 e. The van der Waals surface area contributed by atoms with Crippen LogP contribution in [0.15, 0.2) is 4.52 Å². The molecule has 1 atom stereocenters. The molecule has 1 saturated heterocycles. The van der Waals surface area contributed by atoms with Gasteiger partial charge in [0.05, 0.1) is 13.2 Å². The number of piperidine rings is 1. The summed E-state index contributed by atoms with van der Waals surface area (Å²) in [6, 6.07) is 0. The molecule has 1 aliphatic rings. The van der Waals surface area contributed by atoms with E-state index in [1.807, 2.05) is 0 Å². The van der Waals surface area contributed by atoms with Crippen LogP contribution in [0.5, 0.6) is 0 Å². The summed E-state index contributed by atoms with van der Waals surface area (Å²) in [5.74, 6) is 1.06. The van der Waals surface area contributed by atoms with Crippen molar-refractivity contribution in [2.45, 2.75) is 33.2 Å². The molecular weight excluding hydrogens is 308 g/mol. The van der Waals surface area contributed by atoms with Crippen LogP contribution in [0.25, 0.3) is 0 Å². The third-order valence-corrected chi connectivity index (χ3v) is 5.79. The molecule has 1 aromatic rings. The Morgan fingerprint density at radius 3 is 2.86 bits per heavy atom. The minimum absolute atomic E-state index is 0.102. The van der Waals surface area contributed by atoms with E-state index in [0.717, 1.165) is 12.8 Å². The number of hydrogen-bond acceptors (Lipinski definition) is 6. The van der Waals surface area contributed by atoms with Crippen molar-refractivity contribution in [3.63, 3.8) is 0 Å². The summed E-state index contributed by atoms with van der Waals surface area (Å²) in [4.78, 5) is 4.08. The SMILES string of the molecule is CCN(Cc1nc(C)no1)S(=O)(=O)N1CCCC(COC)C1. The summed E-state index contributed by atoms with van der Waals surface area (Å²) in [6.45, 7) is 5.59. The molecule has 2 rings (SSSR count). The number of nitrogens with zero attached hydrogens (tertiary/aromatic N) is 4. The van der Waals surface area contributed by atoms with E-state index in [9.17, 15) is 8.42 Å². The van der Waals surface area contributed by atoms with Crippen molar-refractivity contribution in [1.82, 2.24) is 18.8 Å². The molecule has 1 fully saturated rings. The first kappa shape index (κ1) is 17.3. The summed E-state index contributed by atoms with van der Waals surface area (Å²) in [6.07, 6.45) is 1.85. The highest BCUT2D eigenvalue weighted by atomic mass is 32.2. The Morgan fingerprint density at radius 2 is 2.27 bits per heavy atom. The first-order chi connectivity index (χ1) is 10.5. The van der Waals surface area contributed by atoms with Gasteiger partial charge in [-0.05, 0) is 25.7 Å². The van der Waals surface area contributed by atoms with Gasteiger partial charge < -0.3 is 9.26 Å². The van der Waals surface area contributed by atoms with Crippen molar-refractivity contribution in [1.29, 1.82) is 0 Å². The van der Waals surface area contributed by atoms with Crippen LogP contribution in [0, 0.1) is 12.8 Å².